The van der Waals surface area contributed by atoms with E-state index in [1.807, 2.05) is 0 Å². The van der Waals surface area contributed by atoms with Crippen molar-refractivity contribution in [3.8, 4) is 0 Å². The molecule has 2 heteroatoms. The van der Waals surface area contributed by atoms with Crippen LogP contribution in [-0.4, -0.2) is 17.5 Å². The van der Waals surface area contributed by atoms with Crippen LogP contribution in [0.25, 0.3) is 0 Å². The molecule has 1 aliphatic heterocycles. The monoisotopic (exact) mass is 171 g/mol. The van der Waals surface area contributed by atoms with Crippen LogP contribution in [0.4, 0.5) is 0 Å². The second-order valence-corrected chi connectivity index (χ2v) is 5.21. The van der Waals surface area contributed by atoms with Crippen molar-refractivity contribution < 1.29 is 0 Å². The number of nitrogens with two attached hydrogens (primary N) is 1. The molecule has 0 amide bonds. The quantitative estimate of drug-likeness (QED) is 0.703. The lowest BCUT2D eigenvalue weighted by molar-refractivity contribution is 0.443. The van der Waals surface area contributed by atoms with E-state index in [0.717, 1.165) is 17.2 Å². The van der Waals surface area contributed by atoms with Crippen LogP contribution in [0.5, 0.6) is 0 Å². The van der Waals surface area contributed by atoms with Gasteiger partial charge < -0.3 is 5.73 Å². The van der Waals surface area contributed by atoms with E-state index in [9.17, 15) is 0 Å². The van der Waals surface area contributed by atoms with E-state index in [0.29, 0.717) is 0 Å². The molecule has 1 saturated heterocycles. The molecular weight excluding hydrogens is 154 g/mol. The average Bonchev–Trinajstić information content (AvgIpc) is 2.63. The number of rotatable bonds is 3. The molecule has 0 bridgehead atoms. The molecule has 2 fully saturated rings. The number of hydrogen-bond acceptors (Lipinski definition) is 2. The van der Waals surface area contributed by atoms with Crippen LogP contribution in [0.3, 0.4) is 0 Å². The molecule has 0 aromatic heterocycles. The summed E-state index contributed by atoms with van der Waals surface area (Å²) in [5.74, 6) is 1.40. The summed E-state index contributed by atoms with van der Waals surface area (Å²) < 4.78 is 0. The first-order chi connectivity index (χ1) is 5.37. The van der Waals surface area contributed by atoms with Gasteiger partial charge in [0.15, 0.2) is 0 Å². The zero-order chi connectivity index (χ0) is 7.73. The molecule has 2 rings (SSSR count). The van der Waals surface area contributed by atoms with Gasteiger partial charge in [-0.3, -0.25) is 0 Å². The minimum Gasteiger partial charge on any atom is -0.330 e. The summed E-state index contributed by atoms with van der Waals surface area (Å²) >= 11 is 2.20. The fourth-order valence-electron chi connectivity index (χ4n) is 2.24. The largest absolute Gasteiger partial charge is 0.330 e. The third-order valence-corrected chi connectivity index (χ3v) is 4.81. The van der Waals surface area contributed by atoms with Crippen LogP contribution >= 0.6 is 11.8 Å². The molecular formula is C9H17NS. The van der Waals surface area contributed by atoms with Crippen molar-refractivity contribution in [2.75, 3.05) is 12.3 Å². The molecule has 0 radical (unpaired) electrons. The lowest BCUT2D eigenvalue weighted by Crippen LogP contribution is -2.19. The van der Waals surface area contributed by atoms with Crippen LogP contribution < -0.4 is 5.73 Å². The summed E-state index contributed by atoms with van der Waals surface area (Å²) in [6.45, 7) is 0.900. The van der Waals surface area contributed by atoms with Crippen LogP contribution in [0, 0.1) is 5.41 Å². The van der Waals surface area contributed by atoms with Crippen LogP contribution in [-0.2, 0) is 0 Å². The topological polar surface area (TPSA) is 26.0 Å². The smallest absolute Gasteiger partial charge is 0.0104 e. The molecule has 1 aliphatic carbocycles. The van der Waals surface area contributed by atoms with Gasteiger partial charge in [-0.1, -0.05) is 0 Å². The molecule has 0 spiro atoms. The molecule has 1 saturated carbocycles. The van der Waals surface area contributed by atoms with Crippen molar-refractivity contribution >= 4 is 11.8 Å². The summed E-state index contributed by atoms with van der Waals surface area (Å²) in [6.07, 6.45) is 7.11. The molecule has 64 valence electrons. The number of hydrogen-bond donors (Lipinski definition) is 1. The first-order valence-electron chi connectivity index (χ1n) is 4.69. The zero-order valence-electron chi connectivity index (χ0n) is 7.01. The third-order valence-electron chi connectivity index (χ3n) is 3.15. The van der Waals surface area contributed by atoms with Gasteiger partial charge in [0.25, 0.3) is 0 Å². The van der Waals surface area contributed by atoms with E-state index >= 15 is 0 Å². The van der Waals surface area contributed by atoms with E-state index in [1.54, 1.807) is 0 Å². The lowest BCUT2D eigenvalue weighted by Gasteiger charge is -2.20. The van der Waals surface area contributed by atoms with E-state index in [2.05, 4.69) is 11.8 Å². The standard InChI is InChI=1S/C9H17NS/c10-6-5-9(3-4-9)8-2-1-7-11-8/h8H,1-7,10H2. The van der Waals surface area contributed by atoms with Gasteiger partial charge in [0.2, 0.25) is 0 Å². The summed E-state index contributed by atoms with van der Waals surface area (Å²) in [5.41, 5.74) is 6.33. The Balaban J connectivity index is 1.91. The Morgan fingerprint density at radius 1 is 1.45 bits per heavy atom. The molecule has 1 heterocycles. The highest BCUT2D eigenvalue weighted by atomic mass is 32.2. The van der Waals surface area contributed by atoms with Gasteiger partial charge in [-0.2, -0.15) is 11.8 Å². The van der Waals surface area contributed by atoms with Gasteiger partial charge >= 0.3 is 0 Å². The minimum absolute atomic E-state index is 0.718. The molecule has 1 atom stereocenters. The van der Waals surface area contributed by atoms with Crippen molar-refractivity contribution in [2.45, 2.75) is 37.4 Å². The van der Waals surface area contributed by atoms with Gasteiger partial charge in [-0.25, -0.2) is 0 Å². The maximum atomic E-state index is 5.61. The highest BCUT2D eigenvalue weighted by Crippen LogP contribution is 2.58. The Kier molecular flexibility index (Phi) is 2.15. The summed E-state index contributed by atoms with van der Waals surface area (Å²) in [4.78, 5) is 0. The minimum atomic E-state index is 0.718. The van der Waals surface area contributed by atoms with E-state index in [1.165, 1.54) is 37.9 Å². The fraction of sp³-hybridized carbons (Fsp3) is 1.00. The van der Waals surface area contributed by atoms with Crippen LogP contribution in [0.2, 0.25) is 0 Å². The summed E-state index contributed by atoms with van der Waals surface area (Å²) in [5, 5.41) is 0.978. The Labute approximate surface area is 73.1 Å². The van der Waals surface area contributed by atoms with Crippen molar-refractivity contribution in [1.82, 2.24) is 0 Å². The first-order valence-corrected chi connectivity index (χ1v) is 5.74. The zero-order valence-corrected chi connectivity index (χ0v) is 7.83. The second-order valence-electron chi connectivity index (χ2n) is 3.90. The average molecular weight is 171 g/mol. The first kappa shape index (κ1) is 7.93. The third kappa shape index (κ3) is 1.43. The Bertz CT molecular complexity index is 136. The van der Waals surface area contributed by atoms with E-state index in [-0.39, 0.29) is 0 Å². The summed E-state index contributed by atoms with van der Waals surface area (Å²) in [6, 6.07) is 0. The van der Waals surface area contributed by atoms with Gasteiger partial charge in [0.05, 0.1) is 0 Å². The maximum Gasteiger partial charge on any atom is 0.0104 e. The molecule has 0 aromatic rings. The van der Waals surface area contributed by atoms with Crippen molar-refractivity contribution in [3.63, 3.8) is 0 Å². The predicted molar refractivity (Wildman–Crippen MR) is 50.8 cm³/mol. The van der Waals surface area contributed by atoms with Gasteiger partial charge in [0.1, 0.15) is 0 Å². The van der Waals surface area contributed by atoms with E-state index < -0.39 is 0 Å². The second kappa shape index (κ2) is 2.98. The van der Waals surface area contributed by atoms with Gasteiger partial charge in [-0.05, 0) is 49.8 Å². The number of thioether (sulfide) groups is 1. The predicted octanol–water partition coefficient (Wildman–Crippen LogP) is 2.01. The van der Waals surface area contributed by atoms with Crippen molar-refractivity contribution in [3.05, 3.63) is 0 Å². The highest BCUT2D eigenvalue weighted by molar-refractivity contribution is 8.00. The maximum absolute atomic E-state index is 5.61. The summed E-state index contributed by atoms with van der Waals surface area (Å²) in [7, 11) is 0. The van der Waals surface area contributed by atoms with E-state index in [4.69, 9.17) is 5.73 Å². The Morgan fingerprint density at radius 3 is 2.73 bits per heavy atom. The fourth-order valence-corrected chi connectivity index (χ4v) is 3.90. The van der Waals surface area contributed by atoms with Crippen molar-refractivity contribution in [2.24, 2.45) is 11.1 Å². The highest BCUT2D eigenvalue weighted by Gasteiger charge is 2.49. The van der Waals surface area contributed by atoms with Crippen molar-refractivity contribution in [1.29, 1.82) is 0 Å². The lowest BCUT2D eigenvalue weighted by atomic mass is 9.95. The molecule has 2 N–H and O–H groups in total. The normalized spacial score (nSPS) is 34.1. The molecule has 11 heavy (non-hydrogen) atoms. The van der Waals surface area contributed by atoms with Gasteiger partial charge in [-0.15, -0.1) is 0 Å². The molecule has 1 nitrogen and oxygen atoms in total. The van der Waals surface area contributed by atoms with Crippen LogP contribution in [0.1, 0.15) is 32.1 Å². The van der Waals surface area contributed by atoms with Gasteiger partial charge in [0, 0.05) is 5.25 Å². The Hall–Kier alpha value is 0.310. The SMILES string of the molecule is NCCC1(C2CCCS2)CC1. The Morgan fingerprint density at radius 2 is 2.27 bits per heavy atom. The molecule has 1 unspecified atom stereocenters. The molecule has 0 aromatic carbocycles. The van der Waals surface area contributed by atoms with Crippen LogP contribution in [0.15, 0.2) is 0 Å². The molecule has 2 aliphatic rings.